The van der Waals surface area contributed by atoms with Gasteiger partial charge in [-0.2, -0.15) is 18.2 Å². The molecule has 1 N–H and O–H groups in total. The van der Waals surface area contributed by atoms with Gasteiger partial charge in [0.2, 0.25) is 11.7 Å². The van der Waals surface area contributed by atoms with E-state index in [1.165, 1.54) is 0 Å². The second-order valence-corrected chi connectivity index (χ2v) is 3.50. The van der Waals surface area contributed by atoms with E-state index < -0.39 is 17.9 Å². The van der Waals surface area contributed by atoms with E-state index in [-0.39, 0.29) is 0 Å². The lowest BCUT2D eigenvalue weighted by Gasteiger charge is -2.16. The number of aryl methyl sites for hydroxylation is 1. The van der Waals surface area contributed by atoms with Crippen molar-refractivity contribution in [1.82, 2.24) is 9.97 Å². The Morgan fingerprint density at radius 1 is 1.07 bits per heavy atom. The van der Waals surface area contributed by atoms with Crippen LogP contribution in [0.1, 0.15) is 29.9 Å². The minimum Gasteiger partial charge on any atom is -0.493 e. The molecule has 0 radical (unpaired) electrons. The maximum absolute atomic E-state index is 12.3. The van der Waals surface area contributed by atoms with Gasteiger partial charge >= 0.3 is 6.18 Å². The van der Waals surface area contributed by atoms with Crippen LogP contribution in [0, 0.1) is 0 Å². The molecule has 1 aliphatic rings. The van der Waals surface area contributed by atoms with Gasteiger partial charge in [0.25, 0.3) is 0 Å². The highest BCUT2D eigenvalue weighted by atomic mass is 19.4. The van der Waals surface area contributed by atoms with Crippen molar-refractivity contribution < 1.29 is 18.3 Å². The third kappa shape index (κ3) is 1.88. The molecular weight excluding hydrogens is 209 g/mol. The van der Waals surface area contributed by atoms with Crippen LogP contribution in [0.25, 0.3) is 0 Å². The number of hydrogen-bond acceptors (Lipinski definition) is 3. The number of aromatic hydroxyl groups is 1. The van der Waals surface area contributed by atoms with Gasteiger partial charge in [-0.25, -0.2) is 4.98 Å². The predicted molar refractivity (Wildman–Crippen MR) is 45.3 cm³/mol. The monoisotopic (exact) mass is 218 g/mol. The van der Waals surface area contributed by atoms with E-state index in [2.05, 4.69) is 9.97 Å². The van der Waals surface area contributed by atoms with E-state index in [9.17, 15) is 18.3 Å². The number of aromatic nitrogens is 2. The minimum absolute atomic E-state index is 0.334. The van der Waals surface area contributed by atoms with Crippen LogP contribution in [0.2, 0.25) is 0 Å². The zero-order valence-corrected chi connectivity index (χ0v) is 7.80. The van der Waals surface area contributed by atoms with Crippen LogP contribution in [0.15, 0.2) is 0 Å². The maximum Gasteiger partial charge on any atom is 0.451 e. The highest BCUT2D eigenvalue weighted by Crippen LogP contribution is 2.32. The molecule has 2 rings (SSSR count). The van der Waals surface area contributed by atoms with Crippen molar-refractivity contribution in [3.05, 3.63) is 17.1 Å². The van der Waals surface area contributed by atoms with Gasteiger partial charge in [0.05, 0.1) is 5.69 Å². The molecule has 0 bridgehead atoms. The quantitative estimate of drug-likeness (QED) is 0.725. The third-order valence-electron chi connectivity index (χ3n) is 2.41. The molecule has 0 saturated carbocycles. The van der Waals surface area contributed by atoms with Gasteiger partial charge in [-0.3, -0.25) is 0 Å². The Labute approximate surface area is 84.0 Å². The van der Waals surface area contributed by atoms with Crippen LogP contribution in [-0.2, 0) is 19.0 Å². The molecule has 0 fully saturated rings. The first-order chi connectivity index (χ1) is 6.98. The normalized spacial score (nSPS) is 16.2. The first-order valence-electron chi connectivity index (χ1n) is 4.64. The highest BCUT2D eigenvalue weighted by Gasteiger charge is 2.36. The second-order valence-electron chi connectivity index (χ2n) is 3.50. The van der Waals surface area contributed by atoms with Gasteiger partial charge in [0.1, 0.15) is 0 Å². The zero-order chi connectivity index (χ0) is 11.1. The number of fused-ring (bicyclic) bond motifs is 1. The average molecular weight is 218 g/mol. The summed E-state index contributed by atoms with van der Waals surface area (Å²) < 4.78 is 36.9. The molecular formula is C9H9F3N2O. The Balaban J connectivity index is 2.50. The summed E-state index contributed by atoms with van der Waals surface area (Å²) in [7, 11) is 0. The first-order valence-corrected chi connectivity index (χ1v) is 4.64. The van der Waals surface area contributed by atoms with E-state index in [1.807, 2.05) is 0 Å². The molecule has 1 aromatic heterocycles. The molecule has 0 aliphatic heterocycles. The smallest absolute Gasteiger partial charge is 0.451 e. The molecule has 6 heteroatoms. The van der Waals surface area contributed by atoms with Crippen LogP contribution in [0.4, 0.5) is 13.2 Å². The van der Waals surface area contributed by atoms with Crippen molar-refractivity contribution in [1.29, 1.82) is 0 Å². The van der Waals surface area contributed by atoms with Crippen molar-refractivity contribution in [2.75, 3.05) is 0 Å². The Bertz CT molecular complexity index is 390. The van der Waals surface area contributed by atoms with Crippen LogP contribution in [0.3, 0.4) is 0 Å². The molecule has 3 nitrogen and oxygen atoms in total. The molecule has 1 heterocycles. The highest BCUT2D eigenvalue weighted by molar-refractivity contribution is 5.32. The average Bonchev–Trinajstić information content (AvgIpc) is 2.16. The van der Waals surface area contributed by atoms with Gasteiger partial charge in [-0.05, 0) is 25.7 Å². The number of hydrogen-bond donors (Lipinski definition) is 1. The molecule has 0 atom stereocenters. The van der Waals surface area contributed by atoms with Gasteiger partial charge in [-0.15, -0.1) is 0 Å². The molecule has 0 unspecified atom stereocenters. The van der Waals surface area contributed by atoms with Gasteiger partial charge in [0, 0.05) is 5.56 Å². The van der Waals surface area contributed by atoms with Crippen molar-refractivity contribution in [3.8, 4) is 5.88 Å². The van der Waals surface area contributed by atoms with Crippen LogP contribution < -0.4 is 0 Å². The molecule has 0 aromatic carbocycles. The Morgan fingerprint density at radius 3 is 2.40 bits per heavy atom. The Morgan fingerprint density at radius 2 is 1.73 bits per heavy atom. The van der Waals surface area contributed by atoms with Gasteiger partial charge < -0.3 is 5.11 Å². The van der Waals surface area contributed by atoms with E-state index in [1.54, 1.807) is 0 Å². The van der Waals surface area contributed by atoms with Gasteiger partial charge in [-0.1, -0.05) is 0 Å². The van der Waals surface area contributed by atoms with Crippen LogP contribution in [0.5, 0.6) is 5.88 Å². The molecule has 1 aliphatic carbocycles. The van der Waals surface area contributed by atoms with Crippen molar-refractivity contribution in [2.24, 2.45) is 0 Å². The maximum atomic E-state index is 12.3. The molecule has 82 valence electrons. The summed E-state index contributed by atoms with van der Waals surface area (Å²) in [5.74, 6) is -1.77. The van der Waals surface area contributed by atoms with Crippen LogP contribution in [-0.4, -0.2) is 15.1 Å². The summed E-state index contributed by atoms with van der Waals surface area (Å²) in [5, 5.41) is 9.35. The van der Waals surface area contributed by atoms with Crippen molar-refractivity contribution in [3.63, 3.8) is 0 Å². The molecule has 0 spiro atoms. The van der Waals surface area contributed by atoms with E-state index in [0.717, 1.165) is 12.8 Å². The fraction of sp³-hybridized carbons (Fsp3) is 0.556. The molecule has 1 aromatic rings. The number of halogens is 3. The standard InChI is InChI=1S/C9H9F3N2O/c10-9(11,12)8-13-6-4-2-1-3-5(6)7(15)14-8/h1-4H2,(H,13,14,15). The minimum atomic E-state index is -4.59. The largest absolute Gasteiger partial charge is 0.493 e. The Hall–Kier alpha value is -1.33. The number of alkyl halides is 3. The molecule has 15 heavy (non-hydrogen) atoms. The Kier molecular flexibility index (Phi) is 2.28. The summed E-state index contributed by atoms with van der Waals surface area (Å²) >= 11 is 0. The van der Waals surface area contributed by atoms with Gasteiger partial charge in [0.15, 0.2) is 0 Å². The number of rotatable bonds is 0. The van der Waals surface area contributed by atoms with E-state index in [0.29, 0.717) is 24.1 Å². The lowest BCUT2D eigenvalue weighted by atomic mass is 9.97. The lowest BCUT2D eigenvalue weighted by molar-refractivity contribution is -0.145. The predicted octanol–water partition coefficient (Wildman–Crippen LogP) is 2.08. The van der Waals surface area contributed by atoms with Crippen LogP contribution >= 0.6 is 0 Å². The topological polar surface area (TPSA) is 46.0 Å². The summed E-state index contributed by atoms with van der Waals surface area (Å²) in [6, 6.07) is 0. The summed E-state index contributed by atoms with van der Waals surface area (Å²) in [4.78, 5) is 6.53. The number of nitrogens with zero attached hydrogens (tertiary/aromatic N) is 2. The van der Waals surface area contributed by atoms with E-state index in [4.69, 9.17) is 0 Å². The fourth-order valence-electron chi connectivity index (χ4n) is 1.70. The third-order valence-corrected chi connectivity index (χ3v) is 2.41. The zero-order valence-electron chi connectivity index (χ0n) is 7.80. The lowest BCUT2D eigenvalue weighted by Crippen LogP contribution is -2.16. The fourth-order valence-corrected chi connectivity index (χ4v) is 1.70. The first kappa shape index (κ1) is 10.2. The summed E-state index contributed by atoms with van der Waals surface area (Å²) in [6.45, 7) is 0. The molecule has 0 saturated heterocycles. The summed E-state index contributed by atoms with van der Waals surface area (Å²) in [5.41, 5.74) is 0.801. The van der Waals surface area contributed by atoms with E-state index >= 15 is 0 Å². The SMILES string of the molecule is Oc1nc(C(F)(F)F)nc2c1CCCC2. The molecule has 0 amide bonds. The van der Waals surface area contributed by atoms with Crippen molar-refractivity contribution >= 4 is 0 Å². The summed E-state index contributed by atoms with van der Waals surface area (Å²) in [6.07, 6.45) is -1.90. The van der Waals surface area contributed by atoms with Crippen molar-refractivity contribution in [2.45, 2.75) is 31.9 Å². The second kappa shape index (κ2) is 3.36.